The van der Waals surface area contributed by atoms with Gasteiger partial charge in [0.25, 0.3) is 0 Å². The molecule has 0 aromatic heterocycles. The Morgan fingerprint density at radius 3 is 2.76 bits per heavy atom. The molecule has 0 aliphatic carbocycles. The van der Waals surface area contributed by atoms with Gasteiger partial charge >= 0.3 is 0 Å². The molecule has 5 nitrogen and oxygen atoms in total. The maximum Gasteiger partial charge on any atom is 0.235 e. The van der Waals surface area contributed by atoms with Gasteiger partial charge in [0.1, 0.15) is 0 Å². The molecule has 0 saturated carbocycles. The number of hydrogen-bond acceptors (Lipinski definition) is 4. The fourth-order valence-electron chi connectivity index (χ4n) is 2.44. The van der Waals surface area contributed by atoms with Gasteiger partial charge in [0.15, 0.2) is 0 Å². The smallest absolute Gasteiger partial charge is 0.235 e. The molecule has 1 aromatic rings. The van der Waals surface area contributed by atoms with Crippen LogP contribution < -0.4 is 9.62 Å². The van der Waals surface area contributed by atoms with Crippen LogP contribution in [0.4, 0.5) is 5.69 Å². The molecule has 0 spiro atoms. The minimum Gasteiger partial charge on any atom is -0.396 e. The quantitative estimate of drug-likeness (QED) is 0.835. The van der Waals surface area contributed by atoms with E-state index in [9.17, 15) is 8.42 Å². The molecule has 1 saturated heterocycles. The molecule has 2 unspecified atom stereocenters. The first-order chi connectivity index (χ1) is 9.94. The molecule has 0 bridgehead atoms. The molecule has 21 heavy (non-hydrogen) atoms. The van der Waals surface area contributed by atoms with Gasteiger partial charge in [0.2, 0.25) is 10.0 Å². The van der Waals surface area contributed by atoms with E-state index in [0.29, 0.717) is 13.0 Å². The molecule has 0 radical (unpaired) electrons. The summed E-state index contributed by atoms with van der Waals surface area (Å²) in [7, 11) is -3.13. The minimum atomic E-state index is -3.13. The Morgan fingerprint density at radius 1 is 1.38 bits per heavy atom. The van der Waals surface area contributed by atoms with Gasteiger partial charge in [-0.05, 0) is 37.0 Å². The predicted molar refractivity (Wildman–Crippen MR) is 84.9 cm³/mol. The molecule has 1 aliphatic rings. The second-order valence-electron chi connectivity index (χ2n) is 5.75. The Bertz CT molecular complexity index is 574. The van der Waals surface area contributed by atoms with Crippen LogP contribution in [0.3, 0.4) is 0 Å². The maximum atomic E-state index is 12.0. The van der Waals surface area contributed by atoms with Crippen molar-refractivity contribution >= 4 is 15.7 Å². The molecule has 2 N–H and O–H groups in total. The second kappa shape index (κ2) is 6.77. The van der Waals surface area contributed by atoms with Crippen LogP contribution in [0, 0.1) is 5.92 Å². The highest BCUT2D eigenvalue weighted by Gasteiger charge is 2.28. The van der Waals surface area contributed by atoms with Crippen molar-refractivity contribution in [3.8, 4) is 0 Å². The molecule has 1 fully saturated rings. The minimum absolute atomic E-state index is 0.115. The monoisotopic (exact) mass is 312 g/mol. The molecule has 2 atom stereocenters. The molecular weight excluding hydrogens is 288 g/mol. The van der Waals surface area contributed by atoms with Crippen molar-refractivity contribution in [2.24, 2.45) is 5.92 Å². The highest BCUT2D eigenvalue weighted by Crippen LogP contribution is 2.26. The maximum absolute atomic E-state index is 12.0. The third-order valence-corrected chi connectivity index (χ3v) is 5.71. The van der Waals surface area contributed by atoms with Gasteiger partial charge in [-0.25, -0.2) is 8.42 Å². The lowest BCUT2D eigenvalue weighted by atomic mass is 10.1. The average molecular weight is 312 g/mol. The van der Waals surface area contributed by atoms with E-state index in [2.05, 4.69) is 5.32 Å². The molecule has 2 rings (SSSR count). The summed E-state index contributed by atoms with van der Waals surface area (Å²) in [4.78, 5) is 0. The van der Waals surface area contributed by atoms with Crippen LogP contribution in [-0.2, 0) is 10.0 Å². The third kappa shape index (κ3) is 3.96. The largest absolute Gasteiger partial charge is 0.396 e. The highest BCUT2D eigenvalue weighted by atomic mass is 32.2. The summed E-state index contributed by atoms with van der Waals surface area (Å²) in [6.45, 7) is 5.47. The van der Waals surface area contributed by atoms with E-state index in [4.69, 9.17) is 5.11 Å². The van der Waals surface area contributed by atoms with Crippen molar-refractivity contribution in [2.45, 2.75) is 26.3 Å². The van der Waals surface area contributed by atoms with Gasteiger partial charge in [-0.15, -0.1) is 0 Å². The Morgan fingerprint density at radius 2 is 2.14 bits per heavy atom. The summed E-state index contributed by atoms with van der Waals surface area (Å²) in [5.41, 5.74) is 1.80. The Kier molecular flexibility index (Phi) is 5.24. The molecule has 118 valence electrons. The lowest BCUT2D eigenvalue weighted by molar-refractivity contribution is 0.231. The van der Waals surface area contributed by atoms with E-state index < -0.39 is 10.0 Å². The third-order valence-electron chi connectivity index (χ3n) is 3.84. The summed E-state index contributed by atoms with van der Waals surface area (Å²) in [6, 6.07) is 7.78. The van der Waals surface area contributed by atoms with Gasteiger partial charge in [-0.1, -0.05) is 19.1 Å². The first-order valence-corrected chi connectivity index (χ1v) is 8.99. The first-order valence-electron chi connectivity index (χ1n) is 7.38. The van der Waals surface area contributed by atoms with Crippen molar-refractivity contribution in [2.75, 3.05) is 29.8 Å². The number of nitrogens with zero attached hydrogens (tertiary/aromatic N) is 1. The zero-order valence-corrected chi connectivity index (χ0v) is 13.4. The van der Waals surface area contributed by atoms with E-state index in [0.717, 1.165) is 17.8 Å². The van der Waals surface area contributed by atoms with Crippen molar-refractivity contribution in [3.63, 3.8) is 0 Å². The summed E-state index contributed by atoms with van der Waals surface area (Å²) in [6.07, 6.45) is 0.689. The Balaban J connectivity index is 2.10. The fourth-order valence-corrected chi connectivity index (χ4v) is 4.00. The standard InChI is InChI=1S/C15H24N2O3S/c1-12(11-18)10-16-13(2)14-5-3-6-15(9-14)17-7-4-8-21(17,19)20/h3,5-6,9,12-13,16,18H,4,7-8,10-11H2,1-2H3. The van der Waals surface area contributed by atoms with Crippen molar-refractivity contribution in [1.82, 2.24) is 5.32 Å². The summed E-state index contributed by atoms with van der Waals surface area (Å²) in [5.74, 6) is 0.438. The Labute approximate surface area is 127 Å². The Hall–Kier alpha value is -1.11. The lowest BCUT2D eigenvalue weighted by Gasteiger charge is -2.21. The van der Waals surface area contributed by atoms with E-state index in [1.54, 1.807) is 0 Å². The normalized spacial score (nSPS) is 20.4. The van der Waals surface area contributed by atoms with Crippen molar-refractivity contribution in [1.29, 1.82) is 0 Å². The molecule has 1 aliphatic heterocycles. The number of hydrogen-bond donors (Lipinski definition) is 2. The number of aliphatic hydroxyl groups excluding tert-OH is 1. The van der Waals surface area contributed by atoms with Crippen LogP contribution >= 0.6 is 0 Å². The number of aliphatic hydroxyl groups is 1. The molecule has 0 amide bonds. The zero-order valence-electron chi connectivity index (χ0n) is 12.6. The van der Waals surface area contributed by atoms with Crippen LogP contribution in [0.15, 0.2) is 24.3 Å². The van der Waals surface area contributed by atoms with Gasteiger partial charge in [-0.2, -0.15) is 0 Å². The topological polar surface area (TPSA) is 69.6 Å². The van der Waals surface area contributed by atoms with Crippen LogP contribution in [-0.4, -0.2) is 39.0 Å². The number of rotatable bonds is 6. The SMILES string of the molecule is CC(CO)CNC(C)c1cccc(N2CCCS2(=O)=O)c1. The van der Waals surface area contributed by atoms with E-state index in [1.807, 2.05) is 38.1 Å². The van der Waals surface area contributed by atoms with E-state index in [-0.39, 0.29) is 24.3 Å². The van der Waals surface area contributed by atoms with Crippen molar-refractivity contribution in [3.05, 3.63) is 29.8 Å². The number of anilines is 1. The predicted octanol–water partition coefficient (Wildman–Crippen LogP) is 1.51. The van der Waals surface area contributed by atoms with Crippen LogP contribution in [0.2, 0.25) is 0 Å². The van der Waals surface area contributed by atoms with Gasteiger partial charge < -0.3 is 10.4 Å². The van der Waals surface area contributed by atoms with E-state index >= 15 is 0 Å². The first kappa shape index (κ1) is 16.3. The molecule has 6 heteroatoms. The summed E-state index contributed by atoms with van der Waals surface area (Å²) in [5, 5.41) is 12.4. The number of sulfonamides is 1. The van der Waals surface area contributed by atoms with Crippen LogP contribution in [0.5, 0.6) is 0 Å². The molecular formula is C15H24N2O3S. The van der Waals surface area contributed by atoms with Gasteiger partial charge in [0, 0.05) is 25.7 Å². The highest BCUT2D eigenvalue weighted by molar-refractivity contribution is 7.93. The van der Waals surface area contributed by atoms with Gasteiger partial charge in [-0.3, -0.25) is 4.31 Å². The van der Waals surface area contributed by atoms with Gasteiger partial charge in [0.05, 0.1) is 11.4 Å². The fraction of sp³-hybridized carbons (Fsp3) is 0.600. The molecule has 1 heterocycles. The number of nitrogens with one attached hydrogen (secondary N) is 1. The number of benzene rings is 1. The lowest BCUT2D eigenvalue weighted by Crippen LogP contribution is -2.27. The van der Waals surface area contributed by atoms with Crippen LogP contribution in [0.1, 0.15) is 31.9 Å². The van der Waals surface area contributed by atoms with Crippen LogP contribution in [0.25, 0.3) is 0 Å². The average Bonchev–Trinajstić information content (AvgIpc) is 2.83. The van der Waals surface area contributed by atoms with E-state index in [1.165, 1.54) is 4.31 Å². The second-order valence-corrected chi connectivity index (χ2v) is 7.77. The zero-order chi connectivity index (χ0) is 15.5. The van der Waals surface area contributed by atoms with Crippen molar-refractivity contribution < 1.29 is 13.5 Å². The summed E-state index contributed by atoms with van der Waals surface area (Å²) >= 11 is 0. The summed E-state index contributed by atoms with van der Waals surface area (Å²) < 4.78 is 25.5. The molecule has 1 aromatic carbocycles.